The fourth-order valence-corrected chi connectivity index (χ4v) is 3.37. The number of aliphatic hydroxyl groups is 1. The van der Waals surface area contributed by atoms with Gasteiger partial charge in [0, 0.05) is 17.1 Å². The minimum Gasteiger partial charge on any atom is -0.489 e. The van der Waals surface area contributed by atoms with Gasteiger partial charge < -0.3 is 20.1 Å². The number of nitrogens with one attached hydrogen (secondary N) is 2. The van der Waals surface area contributed by atoms with Gasteiger partial charge in [-0.2, -0.15) is 0 Å². The summed E-state index contributed by atoms with van der Waals surface area (Å²) in [5.41, 5.74) is 2.06. The van der Waals surface area contributed by atoms with Crippen molar-refractivity contribution in [2.75, 3.05) is 6.61 Å². The molecule has 1 unspecified atom stereocenters. The first kappa shape index (κ1) is 20.5. The maximum Gasteiger partial charge on any atom is 0.255 e. The van der Waals surface area contributed by atoms with Crippen LogP contribution in [0.4, 0.5) is 0 Å². The summed E-state index contributed by atoms with van der Waals surface area (Å²) in [6, 6.07) is 13.1. The summed E-state index contributed by atoms with van der Waals surface area (Å²) < 4.78 is 5.83. The molecule has 0 spiro atoms. The number of hydrogen-bond donors (Lipinski definition) is 3. The predicted octanol–water partition coefficient (Wildman–Crippen LogP) is 3.66. The van der Waals surface area contributed by atoms with Crippen molar-refractivity contribution < 1.29 is 14.6 Å². The molecular formula is C24H26N2O3. The van der Waals surface area contributed by atoms with E-state index in [-0.39, 0.29) is 18.6 Å². The summed E-state index contributed by atoms with van der Waals surface area (Å²) in [6.07, 6.45) is 7.83. The number of fused-ring (bicyclic) bond motifs is 1. The van der Waals surface area contributed by atoms with Crippen molar-refractivity contribution in [1.29, 1.82) is 0 Å². The number of terminal acetylenes is 1. The van der Waals surface area contributed by atoms with Gasteiger partial charge in [-0.1, -0.05) is 30.2 Å². The van der Waals surface area contributed by atoms with Crippen LogP contribution in [0, 0.1) is 12.3 Å². The number of hydrogen-bond acceptors (Lipinski definition) is 3. The van der Waals surface area contributed by atoms with Gasteiger partial charge in [-0.15, -0.1) is 6.42 Å². The largest absolute Gasteiger partial charge is 0.489 e. The Morgan fingerprint density at radius 3 is 2.72 bits per heavy atom. The molecule has 5 heteroatoms. The Labute approximate surface area is 171 Å². The topological polar surface area (TPSA) is 74.4 Å². The van der Waals surface area contributed by atoms with Crippen molar-refractivity contribution in [2.45, 2.75) is 38.8 Å². The Kier molecular flexibility index (Phi) is 5.95. The number of ether oxygens (including phenoxy) is 1. The number of aliphatic hydroxyl groups excluding tert-OH is 1. The van der Waals surface area contributed by atoms with Crippen molar-refractivity contribution >= 4 is 16.8 Å². The standard InChI is InChI=1S/C24H26N2O3/c1-5-17-9-8-11-20(22(17)29-16(2)3)23(28)26-24(4,15-27)13-18-14-25-21-12-7-6-10-19(18)21/h1,6-12,14,16,25,27H,13,15H2,2-4H3,(H,26,28). The molecule has 1 atom stereocenters. The van der Waals surface area contributed by atoms with E-state index in [1.54, 1.807) is 18.2 Å². The van der Waals surface area contributed by atoms with E-state index in [4.69, 9.17) is 11.2 Å². The maximum atomic E-state index is 13.1. The zero-order valence-electron chi connectivity index (χ0n) is 17.0. The fourth-order valence-electron chi connectivity index (χ4n) is 3.37. The number of H-pyrrole nitrogens is 1. The Morgan fingerprint density at radius 2 is 2.03 bits per heavy atom. The lowest BCUT2D eigenvalue weighted by Crippen LogP contribution is -2.50. The normalized spacial score (nSPS) is 13.1. The highest BCUT2D eigenvalue weighted by molar-refractivity contribution is 5.98. The number of aromatic nitrogens is 1. The third-order valence-corrected chi connectivity index (χ3v) is 4.79. The number of carbonyl (C=O) groups is 1. The van der Waals surface area contributed by atoms with E-state index in [1.807, 2.05) is 51.2 Å². The Balaban J connectivity index is 1.89. The second kappa shape index (κ2) is 8.42. The summed E-state index contributed by atoms with van der Waals surface area (Å²) in [5.74, 6) is 2.62. The van der Waals surface area contributed by atoms with Crippen LogP contribution in [0.25, 0.3) is 10.9 Å². The van der Waals surface area contributed by atoms with Gasteiger partial charge in [0.15, 0.2) is 0 Å². The van der Waals surface area contributed by atoms with E-state index in [9.17, 15) is 9.90 Å². The van der Waals surface area contributed by atoms with Crippen molar-refractivity contribution in [3.63, 3.8) is 0 Å². The van der Waals surface area contributed by atoms with Gasteiger partial charge in [0.1, 0.15) is 5.75 Å². The van der Waals surface area contributed by atoms with E-state index in [2.05, 4.69) is 16.2 Å². The van der Waals surface area contributed by atoms with E-state index in [0.717, 1.165) is 16.5 Å². The average Bonchev–Trinajstić information content (AvgIpc) is 3.10. The molecule has 0 bridgehead atoms. The number of aromatic amines is 1. The molecule has 1 aromatic heterocycles. The quantitative estimate of drug-likeness (QED) is 0.539. The minimum absolute atomic E-state index is 0.133. The van der Waals surface area contributed by atoms with Crippen LogP contribution in [0.3, 0.4) is 0 Å². The lowest BCUT2D eigenvalue weighted by molar-refractivity contribution is 0.0846. The number of amides is 1. The number of carbonyl (C=O) groups excluding carboxylic acids is 1. The van der Waals surface area contributed by atoms with E-state index < -0.39 is 5.54 Å². The van der Waals surface area contributed by atoms with Crippen LogP contribution in [0.15, 0.2) is 48.7 Å². The van der Waals surface area contributed by atoms with Crippen molar-refractivity contribution in [3.8, 4) is 18.1 Å². The monoisotopic (exact) mass is 390 g/mol. The number of benzene rings is 2. The first-order chi connectivity index (χ1) is 13.9. The summed E-state index contributed by atoms with van der Waals surface area (Å²) in [4.78, 5) is 16.3. The molecule has 0 aliphatic heterocycles. The van der Waals surface area contributed by atoms with Gasteiger partial charge in [0.2, 0.25) is 0 Å². The van der Waals surface area contributed by atoms with Crippen LogP contribution >= 0.6 is 0 Å². The molecule has 0 radical (unpaired) electrons. The lowest BCUT2D eigenvalue weighted by atomic mass is 9.92. The van der Waals surface area contributed by atoms with Crippen LogP contribution in [0.1, 0.15) is 42.3 Å². The molecule has 3 aromatic rings. The molecule has 0 aliphatic carbocycles. The van der Waals surface area contributed by atoms with Gasteiger partial charge in [-0.3, -0.25) is 4.79 Å². The Morgan fingerprint density at radius 1 is 1.28 bits per heavy atom. The molecule has 1 heterocycles. The molecule has 3 rings (SSSR count). The number of rotatable bonds is 7. The van der Waals surface area contributed by atoms with Gasteiger partial charge in [-0.05, 0) is 51.0 Å². The summed E-state index contributed by atoms with van der Waals surface area (Å²) in [5, 5.41) is 14.1. The molecular weight excluding hydrogens is 364 g/mol. The zero-order chi connectivity index (χ0) is 21.0. The van der Waals surface area contributed by atoms with Gasteiger partial charge >= 0.3 is 0 Å². The first-order valence-corrected chi connectivity index (χ1v) is 9.61. The van der Waals surface area contributed by atoms with Crippen molar-refractivity contribution in [3.05, 3.63) is 65.4 Å². The van der Waals surface area contributed by atoms with Crippen molar-refractivity contribution in [2.24, 2.45) is 0 Å². The maximum absolute atomic E-state index is 13.1. The highest BCUT2D eigenvalue weighted by atomic mass is 16.5. The van der Waals surface area contributed by atoms with Crippen molar-refractivity contribution in [1.82, 2.24) is 10.3 Å². The highest BCUT2D eigenvalue weighted by Crippen LogP contribution is 2.27. The fraction of sp³-hybridized carbons (Fsp3) is 0.292. The van der Waals surface area contributed by atoms with Crippen LogP contribution in [-0.2, 0) is 6.42 Å². The second-order valence-corrected chi connectivity index (χ2v) is 7.70. The van der Waals surface area contributed by atoms with E-state index in [0.29, 0.717) is 23.3 Å². The second-order valence-electron chi connectivity index (χ2n) is 7.70. The molecule has 0 saturated carbocycles. The molecule has 3 N–H and O–H groups in total. The smallest absolute Gasteiger partial charge is 0.255 e. The lowest BCUT2D eigenvalue weighted by Gasteiger charge is -2.29. The third-order valence-electron chi connectivity index (χ3n) is 4.79. The molecule has 0 fully saturated rings. The first-order valence-electron chi connectivity index (χ1n) is 9.61. The molecule has 5 nitrogen and oxygen atoms in total. The molecule has 2 aromatic carbocycles. The molecule has 1 amide bonds. The van der Waals surface area contributed by atoms with E-state index >= 15 is 0 Å². The number of para-hydroxylation sites is 2. The summed E-state index contributed by atoms with van der Waals surface area (Å²) >= 11 is 0. The van der Waals surface area contributed by atoms with E-state index in [1.165, 1.54) is 0 Å². The van der Waals surface area contributed by atoms with Gasteiger partial charge in [0.25, 0.3) is 5.91 Å². The van der Waals surface area contributed by atoms with Gasteiger partial charge in [0.05, 0.1) is 29.4 Å². The molecule has 150 valence electrons. The Hall–Kier alpha value is -3.23. The van der Waals surface area contributed by atoms with Gasteiger partial charge in [-0.25, -0.2) is 0 Å². The Bertz CT molecular complexity index is 1060. The highest BCUT2D eigenvalue weighted by Gasteiger charge is 2.29. The van der Waals surface area contributed by atoms with Crippen LogP contribution in [0.2, 0.25) is 0 Å². The summed E-state index contributed by atoms with van der Waals surface area (Å²) in [7, 11) is 0. The molecule has 0 saturated heterocycles. The van der Waals surface area contributed by atoms with Crippen LogP contribution in [-0.4, -0.2) is 34.2 Å². The zero-order valence-corrected chi connectivity index (χ0v) is 17.0. The molecule has 29 heavy (non-hydrogen) atoms. The average molecular weight is 390 g/mol. The SMILES string of the molecule is C#Cc1cccc(C(=O)NC(C)(CO)Cc2c[nH]c3ccccc23)c1OC(C)C. The third kappa shape index (κ3) is 4.44. The van der Waals surface area contributed by atoms with Crippen LogP contribution < -0.4 is 10.1 Å². The minimum atomic E-state index is -0.858. The van der Waals surface area contributed by atoms with Crippen LogP contribution in [0.5, 0.6) is 5.75 Å². The summed E-state index contributed by atoms with van der Waals surface area (Å²) in [6.45, 7) is 5.36. The molecule has 0 aliphatic rings. The predicted molar refractivity (Wildman–Crippen MR) is 115 cm³/mol.